The van der Waals surface area contributed by atoms with E-state index in [-0.39, 0.29) is 22.0 Å². The Morgan fingerprint density at radius 3 is 2.71 bits per heavy atom. The van der Waals surface area contributed by atoms with Crippen LogP contribution in [-0.2, 0) is 5.75 Å². The maximum absolute atomic E-state index is 11.1. The molecule has 0 aliphatic heterocycles. The predicted octanol–water partition coefficient (Wildman–Crippen LogP) is 3.05. The summed E-state index contributed by atoms with van der Waals surface area (Å²) in [6.07, 6.45) is 1.22. The summed E-state index contributed by atoms with van der Waals surface area (Å²) in [7, 11) is 0. The third-order valence-corrected chi connectivity index (χ3v) is 3.81. The topological polar surface area (TPSA) is 118 Å². The fourth-order valence-corrected chi connectivity index (χ4v) is 2.48. The van der Waals surface area contributed by atoms with E-state index in [1.54, 1.807) is 12.1 Å². The molecule has 0 fully saturated rings. The molecule has 120 valence electrons. The van der Waals surface area contributed by atoms with Gasteiger partial charge < -0.3 is 5.73 Å². The molecule has 8 heteroatoms. The molecule has 2 aromatic rings. The van der Waals surface area contributed by atoms with E-state index in [0.29, 0.717) is 5.75 Å². The Morgan fingerprint density at radius 1 is 1.29 bits per heavy atom. The number of nitrogens with zero attached hydrogens (tertiary/aromatic N) is 4. The highest BCUT2D eigenvalue weighted by Crippen LogP contribution is 2.21. The molecule has 0 aromatic heterocycles. The minimum atomic E-state index is -0.614. The third kappa shape index (κ3) is 4.66. The molecule has 24 heavy (non-hydrogen) atoms. The molecule has 2 rings (SSSR count). The highest BCUT2D eigenvalue weighted by atomic mass is 32.2. The van der Waals surface area contributed by atoms with Crippen molar-refractivity contribution in [2.45, 2.75) is 5.75 Å². The molecule has 0 unspecified atom stereocenters. The zero-order valence-electron chi connectivity index (χ0n) is 12.5. The third-order valence-electron chi connectivity index (χ3n) is 2.95. The normalized spacial score (nSPS) is 11.4. The first-order valence-electron chi connectivity index (χ1n) is 6.82. The summed E-state index contributed by atoms with van der Waals surface area (Å²) >= 11 is 1.31. The van der Waals surface area contributed by atoms with E-state index in [4.69, 9.17) is 11.0 Å². The zero-order chi connectivity index (χ0) is 17.4. The van der Waals surface area contributed by atoms with Gasteiger partial charge >= 0.3 is 0 Å². The lowest BCUT2D eigenvalue weighted by molar-refractivity contribution is -0.385. The van der Waals surface area contributed by atoms with Gasteiger partial charge in [0.1, 0.15) is 11.6 Å². The largest absolute Gasteiger partial charge is 0.377 e. The minimum absolute atomic E-state index is 0.0284. The van der Waals surface area contributed by atoms with E-state index in [1.807, 2.05) is 30.3 Å². The molecule has 0 heterocycles. The molecule has 0 spiro atoms. The van der Waals surface area contributed by atoms with Crippen LogP contribution in [0.15, 0.2) is 58.7 Å². The summed E-state index contributed by atoms with van der Waals surface area (Å²) in [6.45, 7) is 0. The molecule has 2 aromatic carbocycles. The lowest BCUT2D eigenvalue weighted by Crippen LogP contribution is -2.06. The van der Waals surface area contributed by atoms with Gasteiger partial charge in [0.05, 0.1) is 16.7 Å². The van der Waals surface area contributed by atoms with Crippen molar-refractivity contribution in [2.75, 3.05) is 0 Å². The smallest absolute Gasteiger partial charge is 0.295 e. The summed E-state index contributed by atoms with van der Waals surface area (Å²) in [5, 5.41) is 27.9. The molecule has 2 N–H and O–H groups in total. The van der Waals surface area contributed by atoms with Gasteiger partial charge in [-0.05, 0) is 17.7 Å². The molecule has 0 radical (unpaired) electrons. The van der Waals surface area contributed by atoms with Crippen molar-refractivity contribution in [1.82, 2.24) is 0 Å². The number of hydrogen-bond acceptors (Lipinski definition) is 6. The van der Waals surface area contributed by atoms with Crippen molar-refractivity contribution < 1.29 is 4.92 Å². The van der Waals surface area contributed by atoms with Crippen LogP contribution in [0.1, 0.15) is 16.7 Å². The Balaban J connectivity index is 2.08. The Labute approximate surface area is 142 Å². The monoisotopic (exact) mass is 339 g/mol. The van der Waals surface area contributed by atoms with E-state index in [9.17, 15) is 10.1 Å². The van der Waals surface area contributed by atoms with Crippen LogP contribution in [0, 0.1) is 21.4 Å². The quantitative estimate of drug-likeness (QED) is 0.389. The summed E-state index contributed by atoms with van der Waals surface area (Å²) in [4.78, 5) is 10.5. The highest BCUT2D eigenvalue weighted by molar-refractivity contribution is 8.13. The second-order valence-electron chi connectivity index (χ2n) is 4.57. The predicted molar refractivity (Wildman–Crippen MR) is 94.8 cm³/mol. The Kier molecular flexibility index (Phi) is 6.05. The molecule has 7 nitrogen and oxygen atoms in total. The molecule has 0 atom stereocenters. The second-order valence-corrected chi connectivity index (χ2v) is 5.57. The summed E-state index contributed by atoms with van der Waals surface area (Å²) in [6, 6.07) is 15.9. The molecule has 0 amide bonds. The van der Waals surface area contributed by atoms with Gasteiger partial charge in [-0.3, -0.25) is 10.1 Å². The first kappa shape index (κ1) is 17.2. The Bertz CT molecular complexity index is 828. The van der Waals surface area contributed by atoms with Gasteiger partial charge in [-0.25, -0.2) is 0 Å². The van der Waals surface area contributed by atoms with Crippen molar-refractivity contribution in [3.63, 3.8) is 0 Å². The van der Waals surface area contributed by atoms with Crippen LogP contribution in [-0.4, -0.2) is 16.3 Å². The number of benzene rings is 2. The molecular weight excluding hydrogens is 326 g/mol. The van der Waals surface area contributed by atoms with Crippen LogP contribution in [0.3, 0.4) is 0 Å². The number of rotatable bonds is 5. The van der Waals surface area contributed by atoms with E-state index in [1.165, 1.54) is 30.1 Å². The van der Waals surface area contributed by atoms with Crippen molar-refractivity contribution in [3.05, 3.63) is 75.3 Å². The fourth-order valence-electron chi connectivity index (χ4n) is 1.87. The zero-order valence-corrected chi connectivity index (χ0v) is 13.3. The number of amidine groups is 1. The van der Waals surface area contributed by atoms with E-state index >= 15 is 0 Å². The first-order chi connectivity index (χ1) is 11.6. The maximum Gasteiger partial charge on any atom is 0.295 e. The lowest BCUT2D eigenvalue weighted by atomic mass is 10.1. The number of hydrogen-bond donors (Lipinski definition) is 1. The van der Waals surface area contributed by atoms with E-state index in [0.717, 1.165) is 5.56 Å². The van der Waals surface area contributed by atoms with Crippen LogP contribution in [0.25, 0.3) is 0 Å². The van der Waals surface area contributed by atoms with Gasteiger partial charge in [-0.2, -0.15) is 10.4 Å². The van der Waals surface area contributed by atoms with Crippen LogP contribution < -0.4 is 5.73 Å². The Morgan fingerprint density at radius 2 is 2.04 bits per heavy atom. The van der Waals surface area contributed by atoms with Crippen molar-refractivity contribution >= 4 is 28.8 Å². The average molecular weight is 339 g/mol. The Hall–Kier alpha value is -3.18. The van der Waals surface area contributed by atoms with Gasteiger partial charge in [0.15, 0.2) is 5.17 Å². The van der Waals surface area contributed by atoms with Crippen molar-refractivity contribution in [3.8, 4) is 6.07 Å². The van der Waals surface area contributed by atoms with Crippen LogP contribution in [0.2, 0.25) is 0 Å². The number of thioether (sulfide) groups is 1. The fraction of sp³-hybridized carbons (Fsp3) is 0.0625. The van der Waals surface area contributed by atoms with Crippen LogP contribution >= 0.6 is 11.8 Å². The molecule has 0 aliphatic rings. The van der Waals surface area contributed by atoms with Gasteiger partial charge in [0.2, 0.25) is 0 Å². The maximum atomic E-state index is 11.1. The summed E-state index contributed by atoms with van der Waals surface area (Å²) < 4.78 is 0. The number of nitro groups is 1. The SMILES string of the molecule is N#Cc1cccc(C=NN=C(N)SCc2ccccc2)c1[N+](=O)[O-]. The molecule has 0 aliphatic carbocycles. The highest BCUT2D eigenvalue weighted by Gasteiger charge is 2.17. The summed E-state index contributed by atoms with van der Waals surface area (Å²) in [5.74, 6) is 0.649. The molecule has 0 saturated carbocycles. The molecular formula is C16H13N5O2S. The van der Waals surface area contributed by atoms with Crippen LogP contribution in [0.4, 0.5) is 5.69 Å². The van der Waals surface area contributed by atoms with Gasteiger partial charge in [-0.1, -0.05) is 48.2 Å². The first-order valence-corrected chi connectivity index (χ1v) is 7.81. The molecule has 0 saturated heterocycles. The number of nitro benzene ring substituents is 1. The van der Waals surface area contributed by atoms with E-state index in [2.05, 4.69) is 10.2 Å². The minimum Gasteiger partial charge on any atom is -0.377 e. The van der Waals surface area contributed by atoms with Gasteiger partial charge in [-0.15, -0.1) is 5.10 Å². The van der Waals surface area contributed by atoms with Gasteiger partial charge in [0, 0.05) is 5.75 Å². The van der Waals surface area contributed by atoms with Crippen molar-refractivity contribution in [2.24, 2.45) is 15.9 Å². The number of nitrogens with two attached hydrogens (primary N) is 1. The summed E-state index contributed by atoms with van der Waals surface area (Å²) in [5.41, 5.74) is 6.72. The number of nitriles is 1. The van der Waals surface area contributed by atoms with Crippen molar-refractivity contribution in [1.29, 1.82) is 5.26 Å². The standard InChI is InChI=1S/C16H13N5O2S/c17-9-13-7-4-8-14(15(13)21(22)23)10-19-20-16(18)24-11-12-5-2-1-3-6-12/h1-8,10H,11H2,(H2,18,20). The lowest BCUT2D eigenvalue weighted by Gasteiger charge is -1.99. The number of para-hydroxylation sites is 1. The molecule has 0 bridgehead atoms. The van der Waals surface area contributed by atoms with Gasteiger partial charge in [0.25, 0.3) is 5.69 Å². The van der Waals surface area contributed by atoms with Crippen LogP contribution in [0.5, 0.6) is 0 Å². The van der Waals surface area contributed by atoms with E-state index < -0.39 is 4.92 Å². The average Bonchev–Trinajstić information content (AvgIpc) is 2.60. The second kappa shape index (κ2) is 8.45.